The molecule has 0 spiro atoms. The third-order valence-corrected chi connectivity index (χ3v) is 6.17. The first-order chi connectivity index (χ1) is 14.7. The van der Waals surface area contributed by atoms with Gasteiger partial charge in [0.2, 0.25) is 0 Å². The second kappa shape index (κ2) is 7.75. The summed E-state index contributed by atoms with van der Waals surface area (Å²) in [4.78, 5) is 42.7. The molecule has 0 atom stereocenters. The molecular weight excluding hydrogens is 444 g/mol. The van der Waals surface area contributed by atoms with Crippen molar-refractivity contribution >= 4 is 48.4 Å². The Bertz CT molecular complexity index is 1360. The largest absolute Gasteiger partial charge is 0.464 e. The van der Waals surface area contributed by atoms with Crippen LogP contribution >= 0.6 is 10.7 Å². The van der Waals surface area contributed by atoms with E-state index in [9.17, 15) is 22.8 Å². The number of fused-ring (bicyclic) bond motifs is 3. The summed E-state index contributed by atoms with van der Waals surface area (Å²) in [6.07, 6.45) is 0. The SMILES string of the molecule is CC(=O)OCCN1C(=O)c2c(-c3ccccc3)nc3ccc(S(=O)(=O)Cl)cc3c2C1=O. The van der Waals surface area contributed by atoms with Gasteiger partial charge in [0.1, 0.15) is 6.61 Å². The Morgan fingerprint density at radius 1 is 1.06 bits per heavy atom. The van der Waals surface area contributed by atoms with E-state index in [0.717, 1.165) is 4.90 Å². The highest BCUT2D eigenvalue weighted by Gasteiger charge is 2.40. The van der Waals surface area contributed by atoms with Crippen molar-refractivity contribution in [2.24, 2.45) is 0 Å². The quantitative estimate of drug-likeness (QED) is 0.328. The van der Waals surface area contributed by atoms with E-state index in [4.69, 9.17) is 15.4 Å². The van der Waals surface area contributed by atoms with Gasteiger partial charge in [-0.3, -0.25) is 19.3 Å². The number of amides is 2. The predicted molar refractivity (Wildman–Crippen MR) is 112 cm³/mol. The molecular formula is C21H15ClN2O6S. The van der Waals surface area contributed by atoms with E-state index in [-0.39, 0.29) is 34.6 Å². The fourth-order valence-electron chi connectivity index (χ4n) is 3.48. The van der Waals surface area contributed by atoms with Crippen LogP contribution in [0.3, 0.4) is 0 Å². The number of benzene rings is 2. The minimum Gasteiger partial charge on any atom is -0.464 e. The van der Waals surface area contributed by atoms with E-state index in [1.165, 1.54) is 25.1 Å². The molecule has 4 rings (SSSR count). The molecule has 0 saturated carbocycles. The Hall–Kier alpha value is -3.30. The first kappa shape index (κ1) is 21.0. The maximum atomic E-state index is 13.2. The van der Waals surface area contributed by atoms with Crippen LogP contribution in [0.4, 0.5) is 0 Å². The van der Waals surface area contributed by atoms with Crippen LogP contribution in [0.2, 0.25) is 0 Å². The van der Waals surface area contributed by atoms with E-state index in [2.05, 4.69) is 4.98 Å². The first-order valence-electron chi connectivity index (χ1n) is 9.16. The second-order valence-electron chi connectivity index (χ2n) is 6.80. The lowest BCUT2D eigenvalue weighted by Gasteiger charge is -2.13. The lowest BCUT2D eigenvalue weighted by Crippen LogP contribution is -2.33. The zero-order valence-electron chi connectivity index (χ0n) is 16.2. The van der Waals surface area contributed by atoms with Gasteiger partial charge in [-0.2, -0.15) is 0 Å². The van der Waals surface area contributed by atoms with Gasteiger partial charge in [0.05, 0.1) is 33.8 Å². The average molecular weight is 459 g/mol. The predicted octanol–water partition coefficient (Wildman–Crippen LogP) is 2.99. The van der Waals surface area contributed by atoms with Crippen LogP contribution in [0.5, 0.6) is 0 Å². The molecule has 1 aliphatic rings. The molecule has 2 amide bonds. The molecule has 2 aromatic carbocycles. The maximum Gasteiger partial charge on any atom is 0.302 e. The number of aromatic nitrogens is 1. The Labute approximate surface area is 181 Å². The molecule has 1 aliphatic heterocycles. The molecule has 8 nitrogen and oxygen atoms in total. The van der Waals surface area contributed by atoms with Gasteiger partial charge in [-0.1, -0.05) is 30.3 Å². The van der Waals surface area contributed by atoms with Crippen molar-refractivity contribution < 1.29 is 27.5 Å². The molecule has 31 heavy (non-hydrogen) atoms. The van der Waals surface area contributed by atoms with Gasteiger partial charge in [0.15, 0.2) is 0 Å². The molecule has 0 saturated heterocycles. The fraction of sp³-hybridized carbons (Fsp3) is 0.143. The summed E-state index contributed by atoms with van der Waals surface area (Å²) in [7, 11) is 1.40. The average Bonchev–Trinajstić information content (AvgIpc) is 2.98. The van der Waals surface area contributed by atoms with Gasteiger partial charge in [0, 0.05) is 28.6 Å². The number of hydrogen-bond acceptors (Lipinski definition) is 7. The Balaban J connectivity index is 1.95. The van der Waals surface area contributed by atoms with E-state index in [0.29, 0.717) is 16.8 Å². The number of rotatable bonds is 5. The molecule has 158 valence electrons. The van der Waals surface area contributed by atoms with Crippen LogP contribution in [0.25, 0.3) is 22.2 Å². The van der Waals surface area contributed by atoms with Crippen molar-refractivity contribution in [2.45, 2.75) is 11.8 Å². The number of ether oxygens (including phenoxy) is 1. The number of halogens is 1. The van der Waals surface area contributed by atoms with Crippen LogP contribution in [-0.4, -0.2) is 49.2 Å². The highest BCUT2D eigenvalue weighted by Crippen LogP contribution is 2.37. The van der Waals surface area contributed by atoms with E-state index >= 15 is 0 Å². The molecule has 10 heteroatoms. The third-order valence-electron chi connectivity index (χ3n) is 4.82. The first-order valence-corrected chi connectivity index (χ1v) is 11.5. The Morgan fingerprint density at radius 3 is 2.39 bits per heavy atom. The van der Waals surface area contributed by atoms with Crippen LogP contribution in [0.15, 0.2) is 53.4 Å². The summed E-state index contributed by atoms with van der Waals surface area (Å²) in [5, 5.41) is 0.199. The van der Waals surface area contributed by atoms with Gasteiger partial charge in [-0.15, -0.1) is 0 Å². The van der Waals surface area contributed by atoms with Crippen molar-refractivity contribution in [1.82, 2.24) is 9.88 Å². The smallest absolute Gasteiger partial charge is 0.302 e. The summed E-state index contributed by atoms with van der Waals surface area (Å²) in [5.41, 5.74) is 1.37. The highest BCUT2D eigenvalue weighted by atomic mass is 35.7. The van der Waals surface area contributed by atoms with E-state index in [1.807, 2.05) is 0 Å². The van der Waals surface area contributed by atoms with Crippen LogP contribution in [0, 0.1) is 0 Å². The monoisotopic (exact) mass is 458 g/mol. The number of nitrogens with zero attached hydrogens (tertiary/aromatic N) is 2. The molecule has 0 bridgehead atoms. The summed E-state index contributed by atoms with van der Waals surface area (Å²) in [6.45, 7) is 0.921. The molecule has 0 radical (unpaired) electrons. The van der Waals surface area contributed by atoms with Gasteiger partial charge in [-0.25, -0.2) is 13.4 Å². The van der Waals surface area contributed by atoms with E-state index < -0.39 is 26.8 Å². The van der Waals surface area contributed by atoms with Crippen LogP contribution < -0.4 is 0 Å². The van der Waals surface area contributed by atoms with Gasteiger partial charge >= 0.3 is 5.97 Å². The van der Waals surface area contributed by atoms with Crippen molar-refractivity contribution in [3.05, 3.63) is 59.7 Å². The third kappa shape index (κ3) is 3.77. The second-order valence-corrected chi connectivity index (χ2v) is 9.36. The van der Waals surface area contributed by atoms with Gasteiger partial charge in [0.25, 0.3) is 20.9 Å². The fourth-order valence-corrected chi connectivity index (χ4v) is 4.25. The topological polar surface area (TPSA) is 111 Å². The summed E-state index contributed by atoms with van der Waals surface area (Å²) < 4.78 is 28.5. The molecule has 0 N–H and O–H groups in total. The maximum absolute atomic E-state index is 13.2. The molecule has 0 aliphatic carbocycles. The summed E-state index contributed by atoms with van der Waals surface area (Å²) in [5.74, 6) is -1.76. The number of carbonyl (C=O) groups excluding carboxylic acids is 3. The highest BCUT2D eigenvalue weighted by molar-refractivity contribution is 8.13. The van der Waals surface area contributed by atoms with Gasteiger partial charge in [-0.05, 0) is 18.2 Å². The van der Waals surface area contributed by atoms with Crippen LogP contribution in [0.1, 0.15) is 27.6 Å². The minimum absolute atomic E-state index is 0.0406. The molecule has 0 fully saturated rings. The van der Waals surface area contributed by atoms with Crippen molar-refractivity contribution in [3.63, 3.8) is 0 Å². The van der Waals surface area contributed by atoms with Gasteiger partial charge < -0.3 is 4.74 Å². The number of esters is 1. The number of hydrogen-bond donors (Lipinski definition) is 0. The van der Waals surface area contributed by atoms with Crippen molar-refractivity contribution in [3.8, 4) is 11.3 Å². The zero-order chi connectivity index (χ0) is 22.3. The number of imide groups is 1. The normalized spacial score (nSPS) is 13.5. The minimum atomic E-state index is -4.07. The number of carbonyl (C=O) groups is 3. The zero-order valence-corrected chi connectivity index (χ0v) is 17.7. The lowest BCUT2D eigenvalue weighted by atomic mass is 9.98. The van der Waals surface area contributed by atoms with E-state index in [1.54, 1.807) is 30.3 Å². The summed E-state index contributed by atoms with van der Waals surface area (Å²) in [6, 6.07) is 12.8. The summed E-state index contributed by atoms with van der Waals surface area (Å²) >= 11 is 0. The Morgan fingerprint density at radius 2 is 1.74 bits per heavy atom. The molecule has 1 aromatic heterocycles. The van der Waals surface area contributed by atoms with Crippen molar-refractivity contribution in [2.75, 3.05) is 13.2 Å². The lowest BCUT2D eigenvalue weighted by molar-refractivity contribution is -0.141. The molecule has 0 unspecified atom stereocenters. The van der Waals surface area contributed by atoms with Crippen LogP contribution in [-0.2, 0) is 18.6 Å². The molecule has 2 heterocycles. The number of pyridine rings is 1. The standard InChI is InChI=1S/C21H15ClN2O6S/c1-12(25)30-10-9-24-20(26)17-15-11-14(31(22,28)29)7-8-16(15)23-19(18(17)21(24)27)13-5-3-2-4-6-13/h2-8,11H,9-10H2,1H3. The van der Waals surface area contributed by atoms with Crippen molar-refractivity contribution in [1.29, 1.82) is 0 Å². The Kier molecular flexibility index (Phi) is 5.24. The molecule has 3 aromatic rings.